The van der Waals surface area contributed by atoms with Gasteiger partial charge in [-0.25, -0.2) is 0 Å². The highest BCUT2D eigenvalue weighted by molar-refractivity contribution is 9.10. The molecule has 0 saturated carbocycles. The number of halogens is 1. The Labute approximate surface area is 119 Å². The zero-order chi connectivity index (χ0) is 13.2. The molecule has 0 radical (unpaired) electrons. The lowest BCUT2D eigenvalue weighted by atomic mass is 10.0. The molecule has 2 aromatic carbocycles. The van der Waals surface area contributed by atoms with Crippen molar-refractivity contribution in [2.24, 2.45) is 4.99 Å². The maximum absolute atomic E-state index is 11.7. The molecule has 1 heterocycles. The average Bonchev–Trinajstić information content (AvgIpc) is 2.58. The number of benzene rings is 2. The molecule has 1 aliphatic heterocycles. The van der Waals surface area contributed by atoms with Crippen molar-refractivity contribution in [1.82, 2.24) is 0 Å². The lowest BCUT2D eigenvalue weighted by Gasteiger charge is -2.09. The molecule has 0 spiro atoms. The first kappa shape index (κ1) is 12.1. The van der Waals surface area contributed by atoms with E-state index in [1.165, 1.54) is 0 Å². The second-order valence-corrected chi connectivity index (χ2v) is 5.18. The number of nitrogens with zero attached hydrogens (tertiary/aromatic N) is 1. The van der Waals surface area contributed by atoms with Crippen LogP contribution in [0.3, 0.4) is 0 Å². The van der Waals surface area contributed by atoms with Gasteiger partial charge in [0.15, 0.2) is 0 Å². The minimum atomic E-state index is -0.0837. The molecule has 0 saturated heterocycles. The first-order valence-corrected chi connectivity index (χ1v) is 6.73. The van der Waals surface area contributed by atoms with Gasteiger partial charge in [0.2, 0.25) is 5.91 Å². The number of rotatable bonds is 1. The van der Waals surface area contributed by atoms with Gasteiger partial charge in [-0.05, 0) is 18.2 Å². The fraction of sp³-hybridized carbons (Fsp3) is 0.0667. The predicted molar refractivity (Wildman–Crippen MR) is 79.7 cm³/mol. The molecule has 0 unspecified atom stereocenters. The maximum Gasteiger partial charge on any atom is 0.246 e. The van der Waals surface area contributed by atoms with Gasteiger partial charge in [0.05, 0.1) is 11.4 Å². The fourth-order valence-corrected chi connectivity index (χ4v) is 2.34. The van der Waals surface area contributed by atoms with E-state index in [0.717, 1.165) is 27.0 Å². The van der Waals surface area contributed by atoms with Crippen molar-refractivity contribution in [3.05, 3.63) is 64.1 Å². The third-order valence-electron chi connectivity index (χ3n) is 2.95. The number of aliphatic imine (C=N–C) groups is 1. The molecular formula is C15H11BrN2O. The normalized spacial score (nSPS) is 14.2. The minimum Gasteiger partial charge on any atom is -0.324 e. The summed E-state index contributed by atoms with van der Waals surface area (Å²) in [6, 6.07) is 15.7. The van der Waals surface area contributed by atoms with Crippen LogP contribution in [0.5, 0.6) is 0 Å². The van der Waals surface area contributed by atoms with Crippen LogP contribution >= 0.6 is 15.9 Å². The second kappa shape index (κ2) is 4.97. The van der Waals surface area contributed by atoms with E-state index in [2.05, 4.69) is 26.2 Å². The Morgan fingerprint density at radius 3 is 2.58 bits per heavy atom. The van der Waals surface area contributed by atoms with Gasteiger partial charge >= 0.3 is 0 Å². The predicted octanol–water partition coefficient (Wildman–Crippen LogP) is 3.24. The number of fused-ring (bicyclic) bond motifs is 1. The van der Waals surface area contributed by atoms with E-state index >= 15 is 0 Å². The van der Waals surface area contributed by atoms with Gasteiger partial charge in [0.1, 0.15) is 6.54 Å². The first-order chi connectivity index (χ1) is 9.24. The Hall–Kier alpha value is -1.94. The Morgan fingerprint density at radius 1 is 1.05 bits per heavy atom. The summed E-state index contributed by atoms with van der Waals surface area (Å²) >= 11 is 3.42. The van der Waals surface area contributed by atoms with Gasteiger partial charge < -0.3 is 5.32 Å². The van der Waals surface area contributed by atoms with Gasteiger partial charge in [-0.2, -0.15) is 0 Å². The van der Waals surface area contributed by atoms with E-state index in [9.17, 15) is 4.79 Å². The number of benzodiazepines with no additional fused rings is 1. The third-order valence-corrected chi connectivity index (χ3v) is 3.48. The van der Waals surface area contributed by atoms with Gasteiger partial charge in [0, 0.05) is 15.6 Å². The number of hydrogen-bond donors (Lipinski definition) is 1. The van der Waals surface area contributed by atoms with Gasteiger partial charge in [-0.3, -0.25) is 9.79 Å². The smallest absolute Gasteiger partial charge is 0.246 e. The molecule has 0 aliphatic carbocycles. The molecule has 0 bridgehead atoms. The molecule has 2 aromatic rings. The summed E-state index contributed by atoms with van der Waals surface area (Å²) in [5.74, 6) is -0.0837. The molecule has 94 valence electrons. The molecule has 3 nitrogen and oxygen atoms in total. The van der Waals surface area contributed by atoms with Crippen LogP contribution in [0.1, 0.15) is 11.1 Å². The Kier molecular flexibility index (Phi) is 3.17. The number of carbonyl (C=O) groups is 1. The van der Waals surface area contributed by atoms with Crippen molar-refractivity contribution in [2.45, 2.75) is 0 Å². The van der Waals surface area contributed by atoms with Crippen molar-refractivity contribution in [1.29, 1.82) is 0 Å². The molecule has 0 fully saturated rings. The van der Waals surface area contributed by atoms with Crippen LogP contribution in [0.2, 0.25) is 0 Å². The molecular weight excluding hydrogens is 304 g/mol. The molecule has 0 atom stereocenters. The van der Waals surface area contributed by atoms with Gasteiger partial charge in [-0.1, -0.05) is 46.3 Å². The largest absolute Gasteiger partial charge is 0.324 e. The van der Waals surface area contributed by atoms with Gasteiger partial charge in [0.25, 0.3) is 0 Å². The Bertz CT molecular complexity index is 662. The van der Waals surface area contributed by atoms with Crippen molar-refractivity contribution >= 4 is 33.2 Å². The SMILES string of the molecule is O=C1CN=C(c2ccc(Br)cc2)c2ccccc2N1. The van der Waals surface area contributed by atoms with Gasteiger partial charge in [-0.15, -0.1) is 0 Å². The molecule has 1 aliphatic rings. The highest BCUT2D eigenvalue weighted by Gasteiger charge is 2.16. The standard InChI is InChI=1S/C15H11BrN2O/c16-11-7-5-10(6-8-11)15-12-3-1-2-4-13(12)18-14(19)9-17-15/h1-8H,9H2,(H,18,19). The number of hydrogen-bond acceptors (Lipinski definition) is 2. The van der Waals surface area contributed by atoms with Crippen LogP contribution in [0.25, 0.3) is 0 Å². The van der Waals surface area contributed by atoms with Crippen LogP contribution in [-0.4, -0.2) is 18.2 Å². The van der Waals surface area contributed by atoms with Crippen LogP contribution in [-0.2, 0) is 4.79 Å². The summed E-state index contributed by atoms with van der Waals surface area (Å²) in [4.78, 5) is 16.1. The van der Waals surface area contributed by atoms with E-state index < -0.39 is 0 Å². The summed E-state index contributed by atoms with van der Waals surface area (Å²) in [5.41, 5.74) is 3.62. The van der Waals surface area contributed by atoms with Crippen LogP contribution in [0.15, 0.2) is 58.0 Å². The quantitative estimate of drug-likeness (QED) is 0.862. The van der Waals surface area contributed by atoms with Crippen molar-refractivity contribution in [3.63, 3.8) is 0 Å². The van der Waals surface area contributed by atoms with Crippen molar-refractivity contribution < 1.29 is 4.79 Å². The molecule has 4 heteroatoms. The summed E-state index contributed by atoms with van der Waals surface area (Å²) < 4.78 is 1.02. The maximum atomic E-state index is 11.7. The monoisotopic (exact) mass is 314 g/mol. The highest BCUT2D eigenvalue weighted by atomic mass is 79.9. The van der Waals surface area contributed by atoms with Crippen LogP contribution in [0.4, 0.5) is 5.69 Å². The molecule has 19 heavy (non-hydrogen) atoms. The van der Waals surface area contributed by atoms with E-state index in [1.54, 1.807) is 0 Å². The molecule has 3 rings (SSSR count). The zero-order valence-corrected chi connectivity index (χ0v) is 11.6. The minimum absolute atomic E-state index is 0.0837. The molecule has 0 aromatic heterocycles. The number of nitrogens with one attached hydrogen (secondary N) is 1. The summed E-state index contributed by atoms with van der Waals surface area (Å²) in [6.45, 7) is 0.153. The molecule has 1 N–H and O–H groups in total. The van der Waals surface area contributed by atoms with Crippen LogP contribution < -0.4 is 5.32 Å². The van der Waals surface area contributed by atoms with E-state index in [1.807, 2.05) is 48.5 Å². The van der Waals surface area contributed by atoms with E-state index in [-0.39, 0.29) is 12.5 Å². The lowest BCUT2D eigenvalue weighted by molar-refractivity contribution is -0.114. The van der Waals surface area contributed by atoms with Crippen molar-refractivity contribution in [3.8, 4) is 0 Å². The average molecular weight is 315 g/mol. The highest BCUT2D eigenvalue weighted by Crippen LogP contribution is 2.23. The third kappa shape index (κ3) is 2.44. The number of anilines is 1. The molecule has 1 amide bonds. The second-order valence-electron chi connectivity index (χ2n) is 4.27. The zero-order valence-electron chi connectivity index (χ0n) is 10.1. The van der Waals surface area contributed by atoms with E-state index in [4.69, 9.17) is 0 Å². The fourth-order valence-electron chi connectivity index (χ4n) is 2.08. The van der Waals surface area contributed by atoms with Crippen molar-refractivity contribution in [2.75, 3.05) is 11.9 Å². The lowest BCUT2D eigenvalue weighted by Crippen LogP contribution is -2.13. The first-order valence-electron chi connectivity index (χ1n) is 5.94. The number of amides is 1. The summed E-state index contributed by atoms with van der Waals surface area (Å²) in [6.07, 6.45) is 0. The Balaban J connectivity index is 2.14. The number of para-hydroxylation sites is 1. The topological polar surface area (TPSA) is 41.5 Å². The van der Waals surface area contributed by atoms with Crippen LogP contribution in [0, 0.1) is 0 Å². The summed E-state index contributed by atoms with van der Waals surface area (Å²) in [7, 11) is 0. The Morgan fingerprint density at radius 2 is 1.79 bits per heavy atom. The number of carbonyl (C=O) groups excluding carboxylic acids is 1. The van der Waals surface area contributed by atoms with E-state index in [0.29, 0.717) is 0 Å². The summed E-state index contributed by atoms with van der Waals surface area (Å²) in [5, 5.41) is 2.87.